The Hall–Kier alpha value is -2.31. The maximum absolute atomic E-state index is 13.3. The number of aryl methyl sites for hydroxylation is 1. The van der Waals surface area contributed by atoms with Crippen LogP contribution in [0.25, 0.3) is 0 Å². The van der Waals surface area contributed by atoms with Gasteiger partial charge >= 0.3 is 0 Å². The Labute approximate surface area is 172 Å². The lowest BCUT2D eigenvalue weighted by molar-refractivity contribution is -0.140. The predicted octanol–water partition coefficient (Wildman–Crippen LogP) is 3.11. The molecule has 4 rings (SSSR count). The van der Waals surface area contributed by atoms with Crippen molar-refractivity contribution in [3.8, 4) is 5.75 Å². The number of rotatable bonds is 6. The van der Waals surface area contributed by atoms with E-state index in [2.05, 4.69) is 17.4 Å². The number of nitrogens with one attached hydrogen (secondary N) is 1. The second-order valence-electron chi connectivity index (χ2n) is 7.99. The van der Waals surface area contributed by atoms with Crippen molar-refractivity contribution < 1.29 is 18.7 Å². The Morgan fingerprint density at radius 3 is 2.55 bits per heavy atom. The Balaban J connectivity index is 1.49. The van der Waals surface area contributed by atoms with Gasteiger partial charge in [-0.1, -0.05) is 12.1 Å². The standard InChI is InChI=1S/C23H30N2O4/c1-16-3-6-20(29-16)15-24-18-13-21(17-4-7-19(27-2)8-5-17)22(14-18)23(26)25-9-11-28-12-10-25/h3-8,18,21-22,24H,9-15H2,1-2H3/t18-,21+,22-/m0/s1. The quantitative estimate of drug-likeness (QED) is 0.810. The van der Waals surface area contributed by atoms with E-state index in [1.54, 1.807) is 7.11 Å². The summed E-state index contributed by atoms with van der Waals surface area (Å²) in [4.78, 5) is 15.3. The van der Waals surface area contributed by atoms with Crippen LogP contribution in [0.4, 0.5) is 0 Å². The zero-order valence-electron chi connectivity index (χ0n) is 17.2. The van der Waals surface area contributed by atoms with Crippen LogP contribution >= 0.6 is 0 Å². The van der Waals surface area contributed by atoms with E-state index in [-0.39, 0.29) is 23.8 Å². The number of ether oxygens (including phenoxy) is 2. The van der Waals surface area contributed by atoms with Crippen LogP contribution in [0, 0.1) is 12.8 Å². The molecular formula is C23H30N2O4. The number of methoxy groups -OCH3 is 1. The van der Waals surface area contributed by atoms with E-state index >= 15 is 0 Å². The topological polar surface area (TPSA) is 63.9 Å². The molecule has 3 atom stereocenters. The minimum atomic E-state index is -0.0164. The predicted molar refractivity (Wildman–Crippen MR) is 110 cm³/mol. The Bertz CT molecular complexity index is 811. The molecule has 2 aromatic rings. The summed E-state index contributed by atoms with van der Waals surface area (Å²) in [5, 5.41) is 3.61. The zero-order chi connectivity index (χ0) is 20.2. The maximum atomic E-state index is 13.3. The fraction of sp³-hybridized carbons (Fsp3) is 0.522. The highest BCUT2D eigenvalue weighted by molar-refractivity contribution is 5.80. The fourth-order valence-corrected chi connectivity index (χ4v) is 4.54. The molecule has 1 aliphatic heterocycles. The van der Waals surface area contributed by atoms with Crippen molar-refractivity contribution in [2.75, 3.05) is 33.4 Å². The van der Waals surface area contributed by atoms with Crippen LogP contribution < -0.4 is 10.1 Å². The number of carbonyl (C=O) groups is 1. The number of morpholine rings is 1. The molecule has 156 valence electrons. The van der Waals surface area contributed by atoms with Crippen molar-refractivity contribution in [1.82, 2.24) is 10.2 Å². The van der Waals surface area contributed by atoms with Gasteiger partial charge in [-0.15, -0.1) is 0 Å². The molecule has 1 aliphatic carbocycles. The molecule has 1 amide bonds. The smallest absolute Gasteiger partial charge is 0.226 e. The van der Waals surface area contributed by atoms with Crippen LogP contribution in [-0.2, 0) is 16.1 Å². The first-order chi connectivity index (χ1) is 14.1. The van der Waals surface area contributed by atoms with Crippen LogP contribution in [0.15, 0.2) is 40.8 Å². The lowest BCUT2D eigenvalue weighted by Crippen LogP contribution is -2.44. The Morgan fingerprint density at radius 1 is 1.14 bits per heavy atom. The number of hydrogen-bond donors (Lipinski definition) is 1. The van der Waals surface area contributed by atoms with Gasteiger partial charge in [-0.3, -0.25) is 4.79 Å². The van der Waals surface area contributed by atoms with Crippen LogP contribution in [0.5, 0.6) is 5.75 Å². The van der Waals surface area contributed by atoms with E-state index < -0.39 is 0 Å². The molecule has 0 unspecified atom stereocenters. The molecule has 29 heavy (non-hydrogen) atoms. The lowest BCUT2D eigenvalue weighted by atomic mass is 9.88. The summed E-state index contributed by atoms with van der Waals surface area (Å²) in [6.07, 6.45) is 1.78. The van der Waals surface area contributed by atoms with Gasteiger partial charge in [-0.2, -0.15) is 0 Å². The van der Waals surface area contributed by atoms with Gasteiger partial charge in [0, 0.05) is 25.0 Å². The molecule has 0 bridgehead atoms. The lowest BCUT2D eigenvalue weighted by Gasteiger charge is -2.31. The minimum absolute atomic E-state index is 0.0164. The molecule has 1 N–H and O–H groups in total. The zero-order valence-corrected chi connectivity index (χ0v) is 17.2. The minimum Gasteiger partial charge on any atom is -0.497 e. The largest absolute Gasteiger partial charge is 0.497 e. The molecule has 1 aromatic carbocycles. The van der Waals surface area contributed by atoms with E-state index in [0.717, 1.165) is 30.1 Å². The Morgan fingerprint density at radius 2 is 1.90 bits per heavy atom. The normalized spacial score (nSPS) is 24.6. The van der Waals surface area contributed by atoms with Gasteiger partial charge in [0.05, 0.1) is 26.9 Å². The molecule has 6 heteroatoms. The van der Waals surface area contributed by atoms with Crippen LogP contribution in [0.3, 0.4) is 0 Å². The highest BCUT2D eigenvalue weighted by atomic mass is 16.5. The molecule has 2 heterocycles. The van der Waals surface area contributed by atoms with E-state index in [4.69, 9.17) is 13.9 Å². The van der Waals surface area contributed by atoms with Gasteiger partial charge in [-0.05, 0) is 55.5 Å². The van der Waals surface area contributed by atoms with E-state index in [1.807, 2.05) is 36.1 Å². The summed E-state index contributed by atoms with van der Waals surface area (Å²) in [6, 6.07) is 12.4. The van der Waals surface area contributed by atoms with Gasteiger partial charge in [0.25, 0.3) is 0 Å². The average molecular weight is 399 g/mol. The van der Waals surface area contributed by atoms with Crippen molar-refractivity contribution in [1.29, 1.82) is 0 Å². The summed E-state index contributed by atoms with van der Waals surface area (Å²) in [5.41, 5.74) is 1.20. The fourth-order valence-electron chi connectivity index (χ4n) is 4.54. The van der Waals surface area contributed by atoms with Crippen LogP contribution in [0.2, 0.25) is 0 Å². The van der Waals surface area contributed by atoms with E-state index in [0.29, 0.717) is 32.8 Å². The number of furan rings is 1. The van der Waals surface area contributed by atoms with Crippen LogP contribution in [0.1, 0.15) is 35.8 Å². The second kappa shape index (κ2) is 9.01. The number of amides is 1. The molecule has 0 spiro atoms. The monoisotopic (exact) mass is 398 g/mol. The number of hydrogen-bond acceptors (Lipinski definition) is 5. The van der Waals surface area contributed by atoms with Crippen molar-refractivity contribution in [2.45, 2.75) is 38.3 Å². The second-order valence-corrected chi connectivity index (χ2v) is 7.99. The molecular weight excluding hydrogens is 368 g/mol. The van der Waals surface area contributed by atoms with Crippen molar-refractivity contribution in [2.24, 2.45) is 5.92 Å². The summed E-state index contributed by atoms with van der Waals surface area (Å²) in [7, 11) is 1.67. The van der Waals surface area contributed by atoms with E-state index in [1.165, 1.54) is 5.56 Å². The number of nitrogens with zero attached hydrogens (tertiary/aromatic N) is 1. The van der Waals surface area contributed by atoms with Gasteiger partial charge in [0.2, 0.25) is 5.91 Å². The molecule has 2 fully saturated rings. The first-order valence-corrected chi connectivity index (χ1v) is 10.4. The highest BCUT2D eigenvalue weighted by Crippen LogP contribution is 2.41. The van der Waals surface area contributed by atoms with Gasteiger partial charge in [0.15, 0.2) is 0 Å². The third-order valence-corrected chi connectivity index (χ3v) is 6.11. The Kier molecular flexibility index (Phi) is 6.21. The SMILES string of the molecule is COc1ccc([C@H]2C[C@H](NCc3ccc(C)o3)C[C@@H]2C(=O)N2CCOCC2)cc1. The summed E-state index contributed by atoms with van der Waals surface area (Å²) in [6.45, 7) is 5.28. The highest BCUT2D eigenvalue weighted by Gasteiger charge is 2.41. The number of benzene rings is 1. The van der Waals surface area contributed by atoms with Crippen LogP contribution in [-0.4, -0.2) is 50.3 Å². The molecule has 1 saturated carbocycles. The van der Waals surface area contributed by atoms with Gasteiger partial charge in [-0.25, -0.2) is 0 Å². The number of carbonyl (C=O) groups excluding carboxylic acids is 1. The summed E-state index contributed by atoms with van der Waals surface area (Å²) in [5.74, 6) is 3.14. The molecule has 1 aromatic heterocycles. The maximum Gasteiger partial charge on any atom is 0.226 e. The van der Waals surface area contributed by atoms with Crippen molar-refractivity contribution in [3.05, 3.63) is 53.5 Å². The molecule has 0 radical (unpaired) electrons. The summed E-state index contributed by atoms with van der Waals surface area (Å²) >= 11 is 0. The van der Waals surface area contributed by atoms with E-state index in [9.17, 15) is 4.79 Å². The van der Waals surface area contributed by atoms with Gasteiger partial charge < -0.3 is 24.1 Å². The van der Waals surface area contributed by atoms with Crippen molar-refractivity contribution in [3.63, 3.8) is 0 Å². The molecule has 1 saturated heterocycles. The first kappa shape index (κ1) is 20.0. The average Bonchev–Trinajstić information content (AvgIpc) is 3.38. The first-order valence-electron chi connectivity index (χ1n) is 10.4. The molecule has 6 nitrogen and oxygen atoms in total. The molecule has 2 aliphatic rings. The third kappa shape index (κ3) is 4.65. The van der Waals surface area contributed by atoms with Gasteiger partial charge in [0.1, 0.15) is 17.3 Å². The third-order valence-electron chi connectivity index (χ3n) is 6.11. The van der Waals surface area contributed by atoms with Crippen molar-refractivity contribution >= 4 is 5.91 Å². The summed E-state index contributed by atoms with van der Waals surface area (Å²) < 4.78 is 16.4.